The normalized spacial score (nSPS) is 15.6. The van der Waals surface area contributed by atoms with Crippen LogP contribution in [0.3, 0.4) is 0 Å². The van der Waals surface area contributed by atoms with Gasteiger partial charge >= 0.3 is 0 Å². The van der Waals surface area contributed by atoms with Crippen molar-refractivity contribution in [3.05, 3.63) is 82.8 Å². The number of rotatable bonds is 4. The molecular formula is C25H20F2N4O. The summed E-state index contributed by atoms with van der Waals surface area (Å²) in [5.41, 5.74) is 4.52. The third-order valence-electron chi connectivity index (χ3n) is 6.40. The molecule has 5 nitrogen and oxygen atoms in total. The lowest BCUT2D eigenvalue weighted by molar-refractivity contribution is 0.0764. The van der Waals surface area contributed by atoms with Crippen LogP contribution in [0, 0.1) is 11.6 Å². The van der Waals surface area contributed by atoms with Gasteiger partial charge in [0.2, 0.25) is 0 Å². The number of amides is 1. The van der Waals surface area contributed by atoms with Gasteiger partial charge in [-0.05, 0) is 59.7 Å². The van der Waals surface area contributed by atoms with Gasteiger partial charge < -0.3 is 4.90 Å². The molecule has 2 aromatic heterocycles. The molecule has 1 amide bonds. The van der Waals surface area contributed by atoms with Crippen molar-refractivity contribution in [3.63, 3.8) is 0 Å². The Balaban J connectivity index is 1.42. The second-order valence-corrected chi connectivity index (χ2v) is 8.62. The zero-order chi connectivity index (χ0) is 22.0. The Morgan fingerprint density at radius 1 is 1.09 bits per heavy atom. The summed E-state index contributed by atoms with van der Waals surface area (Å²) in [5.74, 6) is -0.580. The van der Waals surface area contributed by atoms with Gasteiger partial charge in [0.05, 0.1) is 17.8 Å². The molecular weight excluding hydrogens is 410 g/mol. The Morgan fingerprint density at radius 2 is 1.94 bits per heavy atom. The Kier molecular flexibility index (Phi) is 4.15. The summed E-state index contributed by atoms with van der Waals surface area (Å²) in [4.78, 5) is 18.7. The molecule has 0 bridgehead atoms. The molecule has 1 saturated carbocycles. The largest absolute Gasteiger partial charge is 0.328 e. The third-order valence-corrected chi connectivity index (χ3v) is 6.40. The van der Waals surface area contributed by atoms with E-state index < -0.39 is 5.82 Å². The quantitative estimate of drug-likeness (QED) is 0.461. The van der Waals surface area contributed by atoms with E-state index in [1.807, 2.05) is 6.07 Å². The fourth-order valence-corrected chi connectivity index (χ4v) is 4.68. The van der Waals surface area contributed by atoms with Crippen molar-refractivity contribution < 1.29 is 13.6 Å². The van der Waals surface area contributed by atoms with Gasteiger partial charge in [-0.3, -0.25) is 14.5 Å². The number of hydrogen-bond acceptors (Lipinski definition) is 3. The summed E-state index contributed by atoms with van der Waals surface area (Å²) in [7, 11) is 1.74. The second-order valence-electron chi connectivity index (χ2n) is 8.62. The Hall–Kier alpha value is -3.61. The van der Waals surface area contributed by atoms with E-state index in [0.29, 0.717) is 28.6 Å². The maximum Gasteiger partial charge on any atom is 0.256 e. The zero-order valence-corrected chi connectivity index (χ0v) is 17.5. The molecule has 0 radical (unpaired) electrons. The fourth-order valence-electron chi connectivity index (χ4n) is 4.68. The number of benzene rings is 2. The predicted molar refractivity (Wildman–Crippen MR) is 116 cm³/mol. The van der Waals surface area contributed by atoms with Crippen molar-refractivity contribution in [1.29, 1.82) is 0 Å². The van der Waals surface area contributed by atoms with Gasteiger partial charge in [0.25, 0.3) is 5.91 Å². The lowest BCUT2D eigenvalue weighted by atomic mass is 9.94. The van der Waals surface area contributed by atoms with Gasteiger partial charge in [-0.1, -0.05) is 12.1 Å². The van der Waals surface area contributed by atoms with Gasteiger partial charge in [-0.15, -0.1) is 0 Å². The number of halogens is 2. The minimum absolute atomic E-state index is 0.117. The van der Waals surface area contributed by atoms with Crippen LogP contribution in [0.2, 0.25) is 0 Å². The van der Waals surface area contributed by atoms with Crippen molar-refractivity contribution in [2.45, 2.75) is 31.8 Å². The topological polar surface area (TPSA) is 51.0 Å². The minimum atomic E-state index is -0.399. The van der Waals surface area contributed by atoms with Crippen molar-refractivity contribution in [2.24, 2.45) is 7.05 Å². The summed E-state index contributed by atoms with van der Waals surface area (Å²) >= 11 is 0. The van der Waals surface area contributed by atoms with Crippen LogP contribution in [0.1, 0.15) is 45.9 Å². The van der Waals surface area contributed by atoms with Gasteiger partial charge in [0.15, 0.2) is 5.82 Å². The smallest absolute Gasteiger partial charge is 0.256 e. The van der Waals surface area contributed by atoms with E-state index >= 15 is 4.39 Å². The number of pyridine rings is 1. The zero-order valence-electron chi connectivity index (χ0n) is 17.5. The van der Waals surface area contributed by atoms with Crippen LogP contribution in [-0.2, 0) is 20.1 Å². The molecule has 0 spiro atoms. The highest BCUT2D eigenvalue weighted by atomic mass is 19.1. The first-order chi connectivity index (χ1) is 15.5. The Labute approximate surface area is 183 Å². The van der Waals surface area contributed by atoms with Gasteiger partial charge in [0.1, 0.15) is 11.3 Å². The molecule has 0 saturated heterocycles. The van der Waals surface area contributed by atoms with E-state index in [-0.39, 0.29) is 29.7 Å². The third kappa shape index (κ3) is 2.99. The summed E-state index contributed by atoms with van der Waals surface area (Å²) in [6.07, 6.45) is 5.42. The molecule has 7 heteroatoms. The fraction of sp³-hybridized carbons (Fsp3) is 0.240. The number of carbonyl (C=O) groups is 1. The average molecular weight is 430 g/mol. The Bertz CT molecular complexity index is 1410. The van der Waals surface area contributed by atoms with Crippen LogP contribution >= 0.6 is 0 Å². The first-order valence-electron chi connectivity index (χ1n) is 10.7. The van der Waals surface area contributed by atoms with Crippen LogP contribution in [0.15, 0.2) is 48.8 Å². The van der Waals surface area contributed by atoms with Gasteiger partial charge in [-0.2, -0.15) is 5.10 Å². The molecule has 0 unspecified atom stereocenters. The molecule has 160 valence electrons. The lowest BCUT2D eigenvalue weighted by Gasteiger charge is -2.20. The second kappa shape index (κ2) is 6.95. The number of aromatic nitrogens is 3. The van der Waals surface area contributed by atoms with Crippen LogP contribution in [-0.4, -0.2) is 25.6 Å². The van der Waals surface area contributed by atoms with Crippen molar-refractivity contribution in [2.75, 3.05) is 0 Å². The van der Waals surface area contributed by atoms with Crippen LogP contribution < -0.4 is 0 Å². The summed E-state index contributed by atoms with van der Waals surface area (Å²) in [5, 5.41) is 4.85. The minimum Gasteiger partial charge on any atom is -0.328 e. The SMILES string of the molecule is Cn1cc2c(-c3cc(F)c(CN4Cc5ncccc5C4=O)c(C4CC4)c3)ccc(F)c2n1. The number of nitrogens with zero attached hydrogens (tertiary/aromatic N) is 4. The first-order valence-corrected chi connectivity index (χ1v) is 10.7. The van der Waals surface area contributed by atoms with Gasteiger partial charge in [-0.25, -0.2) is 8.78 Å². The molecule has 2 aromatic carbocycles. The molecule has 2 aliphatic rings. The predicted octanol–water partition coefficient (Wildman–Crippen LogP) is 4.95. The summed E-state index contributed by atoms with van der Waals surface area (Å²) in [6, 6.07) is 10.1. The van der Waals surface area contributed by atoms with Crippen molar-refractivity contribution in [3.8, 4) is 11.1 Å². The van der Waals surface area contributed by atoms with E-state index in [0.717, 1.165) is 29.7 Å². The Morgan fingerprint density at radius 3 is 2.72 bits per heavy atom. The summed E-state index contributed by atoms with van der Waals surface area (Å²) in [6.45, 7) is 0.591. The molecule has 0 N–H and O–H groups in total. The maximum absolute atomic E-state index is 15.5. The standard InChI is InChI=1S/C25H20F2N4O/c1-30-11-20-16(6-7-21(26)24(20)29-30)15-9-18(14-4-5-14)19(22(27)10-15)12-31-13-23-17(25(31)32)3-2-8-28-23/h2-3,6-11,14H,4-5,12-13H2,1H3. The average Bonchev–Trinajstić information content (AvgIpc) is 3.47. The number of carbonyl (C=O) groups excluding carboxylic acids is 1. The maximum atomic E-state index is 15.5. The lowest BCUT2D eigenvalue weighted by Crippen LogP contribution is -2.24. The molecule has 1 fully saturated rings. The van der Waals surface area contributed by atoms with E-state index in [9.17, 15) is 9.18 Å². The van der Waals surface area contributed by atoms with Crippen LogP contribution in [0.25, 0.3) is 22.0 Å². The van der Waals surface area contributed by atoms with E-state index in [1.165, 1.54) is 12.1 Å². The highest BCUT2D eigenvalue weighted by molar-refractivity contribution is 5.98. The molecule has 4 aromatic rings. The molecule has 3 heterocycles. The molecule has 0 atom stereocenters. The highest BCUT2D eigenvalue weighted by Gasteiger charge is 2.33. The van der Waals surface area contributed by atoms with E-state index in [2.05, 4.69) is 10.1 Å². The van der Waals surface area contributed by atoms with Gasteiger partial charge in [0, 0.05) is 36.9 Å². The monoisotopic (exact) mass is 430 g/mol. The number of aryl methyl sites for hydroxylation is 1. The summed E-state index contributed by atoms with van der Waals surface area (Å²) < 4.78 is 31.3. The number of hydrogen-bond donors (Lipinski definition) is 0. The molecule has 6 rings (SSSR count). The number of fused-ring (bicyclic) bond motifs is 2. The van der Waals surface area contributed by atoms with E-state index in [4.69, 9.17) is 0 Å². The van der Waals surface area contributed by atoms with Crippen LogP contribution in [0.4, 0.5) is 8.78 Å². The highest BCUT2D eigenvalue weighted by Crippen LogP contribution is 2.45. The van der Waals surface area contributed by atoms with E-state index in [1.54, 1.807) is 47.2 Å². The van der Waals surface area contributed by atoms with Crippen LogP contribution in [0.5, 0.6) is 0 Å². The first kappa shape index (κ1) is 19.1. The van der Waals surface area contributed by atoms with Crippen molar-refractivity contribution >= 4 is 16.8 Å². The molecule has 1 aliphatic carbocycles. The molecule has 32 heavy (non-hydrogen) atoms. The van der Waals surface area contributed by atoms with Crippen molar-refractivity contribution in [1.82, 2.24) is 19.7 Å². The molecule has 1 aliphatic heterocycles.